The SMILES string of the molecule is Cc1ccc(C(N)CS(=O)(=O)c2ccc(Br)cc2)c(C)c1. The van der Waals surface area contributed by atoms with Crippen molar-refractivity contribution in [2.75, 3.05) is 5.75 Å². The van der Waals surface area contributed by atoms with Crippen molar-refractivity contribution in [2.24, 2.45) is 5.73 Å². The highest BCUT2D eigenvalue weighted by atomic mass is 79.9. The second kappa shape index (κ2) is 6.30. The van der Waals surface area contributed by atoms with Crippen LogP contribution in [0, 0.1) is 13.8 Å². The summed E-state index contributed by atoms with van der Waals surface area (Å²) in [4.78, 5) is 0.297. The monoisotopic (exact) mass is 367 g/mol. The summed E-state index contributed by atoms with van der Waals surface area (Å²) < 4.78 is 25.7. The van der Waals surface area contributed by atoms with E-state index in [0.29, 0.717) is 4.90 Å². The quantitative estimate of drug-likeness (QED) is 0.898. The second-order valence-electron chi connectivity index (χ2n) is 5.20. The molecule has 0 amide bonds. The largest absolute Gasteiger partial charge is 0.323 e. The Morgan fingerprint density at radius 1 is 1.10 bits per heavy atom. The summed E-state index contributed by atoms with van der Waals surface area (Å²) in [7, 11) is -3.40. The van der Waals surface area contributed by atoms with Crippen molar-refractivity contribution >= 4 is 25.8 Å². The Labute approximate surface area is 134 Å². The van der Waals surface area contributed by atoms with Crippen LogP contribution in [-0.4, -0.2) is 14.2 Å². The van der Waals surface area contributed by atoms with Gasteiger partial charge in [-0.1, -0.05) is 39.7 Å². The molecular weight excluding hydrogens is 350 g/mol. The van der Waals surface area contributed by atoms with Gasteiger partial charge in [-0.3, -0.25) is 0 Å². The van der Waals surface area contributed by atoms with E-state index in [9.17, 15) is 8.42 Å². The maximum atomic E-state index is 12.4. The third-order valence-corrected chi connectivity index (χ3v) is 5.71. The van der Waals surface area contributed by atoms with Gasteiger partial charge in [0.1, 0.15) is 0 Å². The molecule has 112 valence electrons. The van der Waals surface area contributed by atoms with Crippen LogP contribution in [-0.2, 0) is 9.84 Å². The third kappa shape index (κ3) is 3.93. The lowest BCUT2D eigenvalue weighted by molar-refractivity contribution is 0.588. The van der Waals surface area contributed by atoms with Crippen LogP contribution < -0.4 is 5.73 Å². The molecule has 0 saturated carbocycles. The first kappa shape index (κ1) is 16.2. The molecule has 0 fully saturated rings. The van der Waals surface area contributed by atoms with E-state index in [1.165, 1.54) is 0 Å². The van der Waals surface area contributed by atoms with E-state index in [1.807, 2.05) is 32.0 Å². The van der Waals surface area contributed by atoms with E-state index in [4.69, 9.17) is 5.73 Å². The van der Waals surface area contributed by atoms with E-state index in [2.05, 4.69) is 15.9 Å². The molecule has 2 rings (SSSR count). The molecule has 0 aliphatic carbocycles. The molecule has 0 aliphatic rings. The molecule has 5 heteroatoms. The Balaban J connectivity index is 2.25. The lowest BCUT2D eigenvalue weighted by Crippen LogP contribution is -2.22. The van der Waals surface area contributed by atoms with E-state index in [1.54, 1.807) is 24.3 Å². The molecule has 0 heterocycles. The van der Waals surface area contributed by atoms with Gasteiger partial charge in [0.05, 0.1) is 10.6 Å². The number of rotatable bonds is 4. The van der Waals surface area contributed by atoms with Crippen LogP contribution >= 0.6 is 15.9 Å². The highest BCUT2D eigenvalue weighted by molar-refractivity contribution is 9.10. The molecule has 3 nitrogen and oxygen atoms in total. The van der Waals surface area contributed by atoms with Crippen LogP contribution in [0.5, 0.6) is 0 Å². The molecule has 0 spiro atoms. The van der Waals surface area contributed by atoms with Crippen molar-refractivity contribution in [1.82, 2.24) is 0 Å². The first-order chi connectivity index (χ1) is 9.79. The predicted octanol–water partition coefficient (Wildman–Crippen LogP) is 3.54. The highest BCUT2D eigenvalue weighted by Crippen LogP contribution is 2.22. The zero-order chi connectivity index (χ0) is 15.6. The molecule has 1 unspecified atom stereocenters. The fraction of sp³-hybridized carbons (Fsp3) is 0.250. The van der Waals surface area contributed by atoms with E-state index in [0.717, 1.165) is 21.2 Å². The Hall–Kier alpha value is -1.17. The Morgan fingerprint density at radius 2 is 1.71 bits per heavy atom. The van der Waals surface area contributed by atoms with Gasteiger partial charge in [-0.05, 0) is 49.2 Å². The Bertz CT molecular complexity index is 739. The van der Waals surface area contributed by atoms with Crippen molar-refractivity contribution in [1.29, 1.82) is 0 Å². The summed E-state index contributed by atoms with van der Waals surface area (Å²) in [6.07, 6.45) is 0. The fourth-order valence-electron chi connectivity index (χ4n) is 2.31. The van der Waals surface area contributed by atoms with Crippen molar-refractivity contribution in [3.63, 3.8) is 0 Å². The number of halogens is 1. The summed E-state index contributed by atoms with van der Waals surface area (Å²) in [5.74, 6) is -0.0987. The topological polar surface area (TPSA) is 60.2 Å². The van der Waals surface area contributed by atoms with E-state index >= 15 is 0 Å². The zero-order valence-electron chi connectivity index (χ0n) is 12.0. The van der Waals surface area contributed by atoms with Gasteiger partial charge in [-0.2, -0.15) is 0 Å². The van der Waals surface area contributed by atoms with Crippen molar-refractivity contribution in [2.45, 2.75) is 24.8 Å². The van der Waals surface area contributed by atoms with Gasteiger partial charge in [0.25, 0.3) is 0 Å². The normalized spacial score (nSPS) is 13.1. The van der Waals surface area contributed by atoms with E-state index < -0.39 is 15.9 Å². The minimum absolute atomic E-state index is 0.0987. The average Bonchev–Trinajstić information content (AvgIpc) is 2.38. The van der Waals surface area contributed by atoms with Crippen molar-refractivity contribution < 1.29 is 8.42 Å². The van der Waals surface area contributed by atoms with Crippen LogP contribution in [0.25, 0.3) is 0 Å². The number of hydrogen-bond acceptors (Lipinski definition) is 3. The number of sulfone groups is 1. The van der Waals surface area contributed by atoms with Gasteiger partial charge in [-0.25, -0.2) is 8.42 Å². The molecule has 2 aromatic carbocycles. The molecule has 0 aromatic heterocycles. The lowest BCUT2D eigenvalue weighted by atomic mass is 10.0. The average molecular weight is 368 g/mol. The van der Waals surface area contributed by atoms with Crippen LogP contribution in [0.3, 0.4) is 0 Å². The van der Waals surface area contributed by atoms with Crippen LogP contribution in [0.4, 0.5) is 0 Å². The molecule has 0 bridgehead atoms. The molecular formula is C16H18BrNO2S. The molecule has 2 N–H and O–H groups in total. The van der Waals surface area contributed by atoms with Gasteiger partial charge < -0.3 is 5.73 Å². The molecule has 21 heavy (non-hydrogen) atoms. The second-order valence-corrected chi connectivity index (χ2v) is 8.15. The molecule has 1 atom stereocenters. The zero-order valence-corrected chi connectivity index (χ0v) is 14.4. The standard InChI is InChI=1S/C16H18BrNO2S/c1-11-3-8-15(12(2)9-11)16(18)10-21(19,20)14-6-4-13(17)5-7-14/h3-9,16H,10,18H2,1-2H3. The predicted molar refractivity (Wildman–Crippen MR) is 89.0 cm³/mol. The summed E-state index contributed by atoms with van der Waals surface area (Å²) in [5, 5.41) is 0. The van der Waals surface area contributed by atoms with Gasteiger partial charge in [0, 0.05) is 10.5 Å². The Morgan fingerprint density at radius 3 is 2.29 bits per heavy atom. The maximum absolute atomic E-state index is 12.4. The fourth-order valence-corrected chi connectivity index (χ4v) is 3.97. The summed E-state index contributed by atoms with van der Waals surface area (Å²) in [5.41, 5.74) is 9.15. The van der Waals surface area contributed by atoms with Crippen LogP contribution in [0.1, 0.15) is 22.7 Å². The van der Waals surface area contributed by atoms with Crippen molar-refractivity contribution in [3.05, 3.63) is 63.6 Å². The van der Waals surface area contributed by atoms with E-state index in [-0.39, 0.29) is 5.75 Å². The maximum Gasteiger partial charge on any atom is 0.180 e. The lowest BCUT2D eigenvalue weighted by Gasteiger charge is -2.15. The molecule has 2 aromatic rings. The smallest absolute Gasteiger partial charge is 0.180 e. The molecule has 0 aliphatic heterocycles. The number of nitrogens with two attached hydrogens (primary N) is 1. The molecule has 0 radical (unpaired) electrons. The van der Waals surface area contributed by atoms with Gasteiger partial charge in [0.15, 0.2) is 9.84 Å². The summed E-state index contributed by atoms with van der Waals surface area (Å²) >= 11 is 3.30. The number of aryl methyl sites for hydroxylation is 2. The highest BCUT2D eigenvalue weighted by Gasteiger charge is 2.21. The Kier molecular flexibility index (Phi) is 4.86. The number of benzene rings is 2. The van der Waals surface area contributed by atoms with Crippen LogP contribution in [0.2, 0.25) is 0 Å². The first-order valence-electron chi connectivity index (χ1n) is 6.60. The van der Waals surface area contributed by atoms with Crippen molar-refractivity contribution in [3.8, 4) is 0 Å². The minimum atomic E-state index is -3.40. The van der Waals surface area contributed by atoms with Gasteiger partial charge in [-0.15, -0.1) is 0 Å². The minimum Gasteiger partial charge on any atom is -0.323 e. The van der Waals surface area contributed by atoms with Gasteiger partial charge in [0.2, 0.25) is 0 Å². The summed E-state index contributed by atoms with van der Waals surface area (Å²) in [6, 6.07) is 12.0. The summed E-state index contributed by atoms with van der Waals surface area (Å²) in [6.45, 7) is 3.95. The van der Waals surface area contributed by atoms with Gasteiger partial charge >= 0.3 is 0 Å². The third-order valence-electron chi connectivity index (χ3n) is 3.40. The molecule has 0 saturated heterocycles. The first-order valence-corrected chi connectivity index (χ1v) is 9.05. The number of hydrogen-bond donors (Lipinski definition) is 1. The van der Waals surface area contributed by atoms with Crippen LogP contribution in [0.15, 0.2) is 51.8 Å².